The number of benzene rings is 1. The van der Waals surface area contributed by atoms with E-state index in [2.05, 4.69) is 38.1 Å². The first-order valence-corrected chi connectivity index (χ1v) is 7.93. The van der Waals surface area contributed by atoms with Gasteiger partial charge in [-0.25, -0.2) is 4.68 Å². The van der Waals surface area contributed by atoms with Crippen molar-refractivity contribution in [2.45, 2.75) is 32.2 Å². The van der Waals surface area contributed by atoms with Crippen molar-refractivity contribution in [1.82, 2.24) is 20.2 Å². The number of carboxylic acid groups (broad SMARTS) is 1. The van der Waals surface area contributed by atoms with Gasteiger partial charge in [-0.1, -0.05) is 24.9 Å². The van der Waals surface area contributed by atoms with E-state index in [0.29, 0.717) is 17.3 Å². The quantitative estimate of drug-likeness (QED) is 0.724. The lowest BCUT2D eigenvalue weighted by Crippen LogP contribution is -2.16. The molecule has 1 atom stereocenters. The van der Waals surface area contributed by atoms with Crippen molar-refractivity contribution in [2.75, 3.05) is 0 Å². The summed E-state index contributed by atoms with van der Waals surface area (Å²) in [6, 6.07) is 5.27. The van der Waals surface area contributed by atoms with Gasteiger partial charge in [0, 0.05) is 9.13 Å². The topological polar surface area (TPSA) is 80.9 Å². The molecule has 0 spiro atoms. The van der Waals surface area contributed by atoms with Crippen molar-refractivity contribution in [3.05, 3.63) is 26.8 Å². The molecule has 21 heavy (non-hydrogen) atoms. The second-order valence-corrected chi connectivity index (χ2v) is 6.19. The monoisotopic (exact) mass is 420 g/mol. The van der Waals surface area contributed by atoms with Crippen molar-refractivity contribution >= 4 is 40.2 Å². The zero-order valence-corrected chi connectivity index (χ0v) is 14.2. The number of halogens is 2. The fraction of sp³-hybridized carbons (Fsp3) is 0.385. The van der Waals surface area contributed by atoms with Gasteiger partial charge in [0.25, 0.3) is 0 Å². The van der Waals surface area contributed by atoms with E-state index in [1.807, 2.05) is 19.1 Å². The SMILES string of the molecule is CCCC(CC(=O)O)n1nnnc1-c1ccc(I)c(Cl)c1. The number of rotatable bonds is 6. The molecule has 8 heteroatoms. The van der Waals surface area contributed by atoms with E-state index in [9.17, 15) is 4.79 Å². The molecule has 0 aliphatic rings. The van der Waals surface area contributed by atoms with Crippen LogP contribution < -0.4 is 0 Å². The standard InChI is InChI=1S/C13H14ClIN4O2/c1-2-3-9(7-12(20)21)19-13(16-17-18-19)8-4-5-11(15)10(14)6-8/h4-6,9H,2-3,7H2,1H3,(H,20,21). The molecule has 2 rings (SSSR count). The molecule has 0 amide bonds. The highest BCUT2D eigenvalue weighted by Crippen LogP contribution is 2.28. The summed E-state index contributed by atoms with van der Waals surface area (Å²) in [6.45, 7) is 2.00. The average Bonchev–Trinajstić information content (AvgIpc) is 2.90. The molecule has 1 N–H and O–H groups in total. The van der Waals surface area contributed by atoms with Crippen LogP contribution in [0.4, 0.5) is 0 Å². The number of nitrogens with zero attached hydrogens (tertiary/aromatic N) is 4. The molecule has 0 aliphatic heterocycles. The summed E-state index contributed by atoms with van der Waals surface area (Å²) < 4.78 is 2.52. The molecule has 0 saturated heterocycles. The molecule has 1 aromatic heterocycles. The van der Waals surface area contributed by atoms with Crippen LogP contribution in [-0.2, 0) is 4.79 Å². The summed E-state index contributed by atoms with van der Waals surface area (Å²) in [5.74, 6) is -0.330. The highest BCUT2D eigenvalue weighted by Gasteiger charge is 2.21. The molecule has 112 valence electrons. The van der Waals surface area contributed by atoms with Crippen LogP contribution in [0.25, 0.3) is 11.4 Å². The zero-order valence-electron chi connectivity index (χ0n) is 11.3. The van der Waals surface area contributed by atoms with Crippen molar-refractivity contribution < 1.29 is 9.90 Å². The summed E-state index contributed by atoms with van der Waals surface area (Å²) in [6.07, 6.45) is 1.54. The lowest BCUT2D eigenvalue weighted by Gasteiger charge is -2.15. The zero-order chi connectivity index (χ0) is 15.4. The van der Waals surface area contributed by atoms with Crippen LogP contribution >= 0.6 is 34.2 Å². The molecular weight excluding hydrogens is 407 g/mol. The summed E-state index contributed by atoms with van der Waals surface area (Å²) in [4.78, 5) is 11.0. The maximum absolute atomic E-state index is 11.0. The van der Waals surface area contributed by atoms with E-state index in [4.69, 9.17) is 16.7 Å². The van der Waals surface area contributed by atoms with Crippen LogP contribution in [0.2, 0.25) is 5.02 Å². The van der Waals surface area contributed by atoms with E-state index >= 15 is 0 Å². The van der Waals surface area contributed by atoms with Gasteiger partial charge in [0.15, 0.2) is 5.82 Å². The average molecular weight is 421 g/mol. The second-order valence-electron chi connectivity index (χ2n) is 4.62. The Balaban J connectivity index is 2.39. The fourth-order valence-corrected chi connectivity index (χ4v) is 2.63. The van der Waals surface area contributed by atoms with Gasteiger partial charge >= 0.3 is 5.97 Å². The first-order valence-electron chi connectivity index (χ1n) is 6.48. The molecule has 0 radical (unpaired) electrons. The Morgan fingerprint density at radius 3 is 2.90 bits per heavy atom. The Hall–Kier alpha value is -1.22. The van der Waals surface area contributed by atoms with Crippen molar-refractivity contribution in [3.63, 3.8) is 0 Å². The number of hydrogen-bond donors (Lipinski definition) is 1. The molecule has 1 unspecified atom stereocenters. The molecular formula is C13H14ClIN4O2. The third-order valence-corrected chi connectivity index (χ3v) is 4.62. The molecule has 1 heterocycles. The van der Waals surface area contributed by atoms with Crippen molar-refractivity contribution in [3.8, 4) is 11.4 Å². The third kappa shape index (κ3) is 3.91. The number of hydrogen-bond acceptors (Lipinski definition) is 4. The predicted molar refractivity (Wildman–Crippen MR) is 87.2 cm³/mol. The fourth-order valence-electron chi connectivity index (χ4n) is 2.11. The number of carboxylic acids is 1. The van der Waals surface area contributed by atoms with Crippen LogP contribution in [-0.4, -0.2) is 31.3 Å². The minimum Gasteiger partial charge on any atom is -0.481 e. The number of carbonyl (C=O) groups is 1. The molecule has 0 fully saturated rings. The van der Waals surface area contributed by atoms with E-state index in [1.165, 1.54) is 0 Å². The van der Waals surface area contributed by atoms with E-state index in [-0.39, 0.29) is 12.5 Å². The normalized spacial score (nSPS) is 12.3. The Bertz CT molecular complexity index is 647. The maximum atomic E-state index is 11.0. The summed E-state index contributed by atoms with van der Waals surface area (Å²) >= 11 is 8.27. The van der Waals surface area contributed by atoms with Gasteiger partial charge < -0.3 is 5.11 Å². The summed E-state index contributed by atoms with van der Waals surface area (Å²) in [5, 5.41) is 21.3. The van der Waals surface area contributed by atoms with Crippen molar-refractivity contribution in [1.29, 1.82) is 0 Å². The molecule has 6 nitrogen and oxygen atoms in total. The minimum atomic E-state index is -0.865. The molecule has 1 aromatic carbocycles. The van der Waals surface area contributed by atoms with Gasteiger partial charge in [0.1, 0.15) is 0 Å². The van der Waals surface area contributed by atoms with Crippen LogP contribution in [0.5, 0.6) is 0 Å². The lowest BCUT2D eigenvalue weighted by molar-refractivity contribution is -0.138. The molecule has 2 aromatic rings. The third-order valence-electron chi connectivity index (χ3n) is 3.05. The lowest BCUT2D eigenvalue weighted by atomic mass is 10.1. The predicted octanol–water partition coefficient (Wildman–Crippen LogP) is 3.41. The number of aromatic nitrogens is 4. The van der Waals surface area contributed by atoms with Gasteiger partial charge in [-0.2, -0.15) is 0 Å². The largest absolute Gasteiger partial charge is 0.481 e. The van der Waals surface area contributed by atoms with Gasteiger partial charge in [0.2, 0.25) is 0 Å². The van der Waals surface area contributed by atoms with Crippen LogP contribution in [0, 0.1) is 3.57 Å². The summed E-state index contributed by atoms with van der Waals surface area (Å²) in [5.41, 5.74) is 0.775. The number of aliphatic carboxylic acids is 1. The Labute approximate surface area is 140 Å². The highest BCUT2D eigenvalue weighted by molar-refractivity contribution is 14.1. The number of tetrazole rings is 1. The highest BCUT2D eigenvalue weighted by atomic mass is 127. The maximum Gasteiger partial charge on any atom is 0.305 e. The van der Waals surface area contributed by atoms with E-state index in [0.717, 1.165) is 15.6 Å². The first-order chi connectivity index (χ1) is 10.0. The molecule has 0 aliphatic carbocycles. The van der Waals surface area contributed by atoms with Crippen LogP contribution in [0.1, 0.15) is 32.2 Å². The van der Waals surface area contributed by atoms with Gasteiger partial charge in [-0.3, -0.25) is 4.79 Å². The van der Waals surface area contributed by atoms with Gasteiger partial charge in [-0.05, 0) is 57.6 Å². The Kier molecular flexibility index (Phi) is 5.51. The van der Waals surface area contributed by atoms with Crippen molar-refractivity contribution in [2.24, 2.45) is 0 Å². The smallest absolute Gasteiger partial charge is 0.305 e. The van der Waals surface area contributed by atoms with Crippen LogP contribution in [0.15, 0.2) is 18.2 Å². The molecule has 0 bridgehead atoms. The van der Waals surface area contributed by atoms with E-state index in [1.54, 1.807) is 10.7 Å². The Morgan fingerprint density at radius 2 is 2.29 bits per heavy atom. The Morgan fingerprint density at radius 1 is 1.52 bits per heavy atom. The van der Waals surface area contributed by atoms with Gasteiger partial charge in [-0.15, -0.1) is 5.10 Å². The second kappa shape index (κ2) is 7.17. The molecule has 0 saturated carbocycles. The summed E-state index contributed by atoms with van der Waals surface area (Å²) in [7, 11) is 0. The first kappa shape index (κ1) is 16.2. The minimum absolute atomic E-state index is 0.00994. The van der Waals surface area contributed by atoms with E-state index < -0.39 is 5.97 Å². The van der Waals surface area contributed by atoms with Gasteiger partial charge in [0.05, 0.1) is 17.5 Å². The van der Waals surface area contributed by atoms with Crippen LogP contribution in [0.3, 0.4) is 0 Å².